The number of anilines is 1. The molecule has 0 aromatic heterocycles. The van der Waals surface area contributed by atoms with Gasteiger partial charge in [0.15, 0.2) is 0 Å². The van der Waals surface area contributed by atoms with Crippen LogP contribution in [0.2, 0.25) is 5.02 Å². The lowest BCUT2D eigenvalue weighted by Crippen LogP contribution is -2.51. The Labute approximate surface area is 179 Å². The first-order chi connectivity index (χ1) is 14.1. The number of amides is 1. The molecule has 2 aromatic rings. The zero-order valence-electron chi connectivity index (χ0n) is 17.2. The number of aryl methyl sites for hydroxylation is 1. The highest BCUT2D eigenvalue weighted by atomic mass is 35.5. The number of piperidine rings is 1. The molecular formula is C24H30ClN3O. The maximum atomic E-state index is 13.0. The summed E-state index contributed by atoms with van der Waals surface area (Å²) in [6.07, 6.45) is 1.94. The van der Waals surface area contributed by atoms with E-state index in [1.54, 1.807) is 0 Å². The predicted octanol–water partition coefficient (Wildman–Crippen LogP) is 4.21. The monoisotopic (exact) mass is 411 g/mol. The van der Waals surface area contributed by atoms with Crippen molar-refractivity contribution in [3.63, 3.8) is 0 Å². The van der Waals surface area contributed by atoms with Gasteiger partial charge in [-0.15, -0.1) is 0 Å². The van der Waals surface area contributed by atoms with Crippen LogP contribution in [0.15, 0.2) is 48.5 Å². The molecule has 4 nitrogen and oxygen atoms in total. The first kappa shape index (κ1) is 20.2. The molecule has 4 rings (SSSR count). The van der Waals surface area contributed by atoms with Gasteiger partial charge in [0.2, 0.25) is 5.91 Å². The molecule has 0 bridgehead atoms. The van der Waals surface area contributed by atoms with E-state index in [2.05, 4.69) is 52.0 Å². The van der Waals surface area contributed by atoms with Gasteiger partial charge in [0.25, 0.3) is 0 Å². The summed E-state index contributed by atoms with van der Waals surface area (Å²) >= 11 is 6.12. The number of benzene rings is 2. The quantitative estimate of drug-likeness (QED) is 0.754. The first-order valence-corrected chi connectivity index (χ1v) is 11.0. The fourth-order valence-corrected chi connectivity index (χ4v) is 4.71. The summed E-state index contributed by atoms with van der Waals surface area (Å²) in [5.41, 5.74) is 3.82. The van der Waals surface area contributed by atoms with E-state index in [0.717, 1.165) is 69.4 Å². The Morgan fingerprint density at radius 1 is 0.966 bits per heavy atom. The van der Waals surface area contributed by atoms with Gasteiger partial charge in [-0.05, 0) is 56.6 Å². The topological polar surface area (TPSA) is 26.8 Å². The van der Waals surface area contributed by atoms with Crippen molar-refractivity contribution in [1.29, 1.82) is 0 Å². The molecule has 2 heterocycles. The molecule has 5 heteroatoms. The van der Waals surface area contributed by atoms with Crippen LogP contribution in [-0.2, 0) is 11.3 Å². The molecule has 0 saturated carbocycles. The third kappa shape index (κ3) is 5.12. The van der Waals surface area contributed by atoms with Crippen LogP contribution in [0.25, 0.3) is 0 Å². The van der Waals surface area contributed by atoms with Crippen molar-refractivity contribution in [2.24, 2.45) is 5.92 Å². The second-order valence-electron chi connectivity index (χ2n) is 8.33. The van der Waals surface area contributed by atoms with E-state index < -0.39 is 0 Å². The number of nitrogens with zero attached hydrogens (tertiary/aromatic N) is 3. The SMILES string of the molecule is Cc1cccc(CN2CCC(C(=O)N3CCN(c4cccc(Cl)c4)CC3)CC2)c1. The van der Waals surface area contributed by atoms with E-state index in [1.807, 2.05) is 18.2 Å². The molecule has 2 aliphatic rings. The largest absolute Gasteiger partial charge is 0.368 e. The van der Waals surface area contributed by atoms with Gasteiger partial charge in [0, 0.05) is 49.4 Å². The average molecular weight is 412 g/mol. The van der Waals surface area contributed by atoms with E-state index >= 15 is 0 Å². The maximum absolute atomic E-state index is 13.0. The third-order valence-electron chi connectivity index (χ3n) is 6.19. The Kier molecular flexibility index (Phi) is 6.41. The number of hydrogen-bond donors (Lipinski definition) is 0. The van der Waals surface area contributed by atoms with Crippen molar-refractivity contribution >= 4 is 23.2 Å². The van der Waals surface area contributed by atoms with Crippen LogP contribution in [0.4, 0.5) is 5.69 Å². The summed E-state index contributed by atoms with van der Waals surface area (Å²) in [4.78, 5) is 19.9. The van der Waals surface area contributed by atoms with E-state index in [9.17, 15) is 4.79 Å². The molecule has 2 fully saturated rings. The van der Waals surface area contributed by atoms with E-state index in [4.69, 9.17) is 11.6 Å². The lowest BCUT2D eigenvalue weighted by molar-refractivity contribution is -0.137. The van der Waals surface area contributed by atoms with Gasteiger partial charge in [0.1, 0.15) is 0 Å². The Morgan fingerprint density at radius 3 is 2.38 bits per heavy atom. The lowest BCUT2D eigenvalue weighted by Gasteiger charge is -2.39. The smallest absolute Gasteiger partial charge is 0.225 e. The van der Waals surface area contributed by atoms with Crippen molar-refractivity contribution in [1.82, 2.24) is 9.80 Å². The van der Waals surface area contributed by atoms with Crippen molar-refractivity contribution in [2.45, 2.75) is 26.3 Å². The van der Waals surface area contributed by atoms with Crippen LogP contribution in [0, 0.1) is 12.8 Å². The molecule has 0 unspecified atom stereocenters. The van der Waals surface area contributed by atoms with Gasteiger partial charge in [-0.3, -0.25) is 9.69 Å². The maximum Gasteiger partial charge on any atom is 0.225 e. The highest BCUT2D eigenvalue weighted by molar-refractivity contribution is 6.30. The molecule has 29 heavy (non-hydrogen) atoms. The minimum Gasteiger partial charge on any atom is -0.368 e. The zero-order chi connectivity index (χ0) is 20.2. The third-order valence-corrected chi connectivity index (χ3v) is 6.43. The average Bonchev–Trinajstić information content (AvgIpc) is 2.74. The van der Waals surface area contributed by atoms with Gasteiger partial charge in [-0.1, -0.05) is 47.5 Å². The van der Waals surface area contributed by atoms with Crippen LogP contribution in [0.3, 0.4) is 0 Å². The van der Waals surface area contributed by atoms with Crippen molar-refractivity contribution < 1.29 is 4.79 Å². The van der Waals surface area contributed by atoms with Gasteiger partial charge in [-0.25, -0.2) is 0 Å². The van der Waals surface area contributed by atoms with Gasteiger partial charge in [-0.2, -0.15) is 0 Å². The summed E-state index contributed by atoms with van der Waals surface area (Å²) in [6, 6.07) is 16.7. The normalized spacial score (nSPS) is 18.8. The molecule has 0 atom stereocenters. The van der Waals surface area contributed by atoms with Crippen molar-refractivity contribution in [2.75, 3.05) is 44.2 Å². The summed E-state index contributed by atoms with van der Waals surface area (Å²) in [6.45, 7) is 8.49. The van der Waals surface area contributed by atoms with Crippen LogP contribution >= 0.6 is 11.6 Å². The van der Waals surface area contributed by atoms with Gasteiger partial charge < -0.3 is 9.80 Å². The summed E-state index contributed by atoms with van der Waals surface area (Å²) in [5.74, 6) is 0.535. The number of carbonyl (C=O) groups is 1. The molecule has 2 aromatic carbocycles. The molecule has 2 saturated heterocycles. The van der Waals surface area contributed by atoms with Crippen molar-refractivity contribution in [3.8, 4) is 0 Å². The molecule has 0 radical (unpaired) electrons. The van der Waals surface area contributed by atoms with Crippen LogP contribution in [0.5, 0.6) is 0 Å². The fourth-order valence-electron chi connectivity index (χ4n) is 4.52. The lowest BCUT2D eigenvalue weighted by atomic mass is 9.94. The molecule has 2 aliphatic heterocycles. The van der Waals surface area contributed by atoms with Crippen molar-refractivity contribution in [3.05, 3.63) is 64.7 Å². The summed E-state index contributed by atoms with van der Waals surface area (Å²) in [7, 11) is 0. The number of carbonyl (C=O) groups excluding carboxylic acids is 1. The number of piperazine rings is 1. The Hall–Kier alpha value is -2.04. The zero-order valence-corrected chi connectivity index (χ0v) is 17.9. The molecular weight excluding hydrogens is 382 g/mol. The number of halogens is 1. The minimum atomic E-state index is 0.182. The summed E-state index contributed by atoms with van der Waals surface area (Å²) < 4.78 is 0. The fraction of sp³-hybridized carbons (Fsp3) is 0.458. The predicted molar refractivity (Wildman–Crippen MR) is 119 cm³/mol. The Balaban J connectivity index is 1.25. The van der Waals surface area contributed by atoms with Crippen LogP contribution in [-0.4, -0.2) is 55.0 Å². The second-order valence-corrected chi connectivity index (χ2v) is 8.77. The van der Waals surface area contributed by atoms with E-state index in [1.165, 1.54) is 11.1 Å². The standard InChI is InChI=1S/C24H30ClN3O/c1-19-4-2-5-20(16-19)18-26-10-8-21(9-11-26)24(29)28-14-12-27(13-15-28)23-7-3-6-22(25)17-23/h2-7,16-17,21H,8-15,18H2,1H3. The number of likely N-dealkylation sites (tertiary alicyclic amines) is 1. The van der Waals surface area contributed by atoms with E-state index in [-0.39, 0.29) is 5.92 Å². The van der Waals surface area contributed by atoms with Gasteiger partial charge >= 0.3 is 0 Å². The first-order valence-electron chi connectivity index (χ1n) is 10.7. The minimum absolute atomic E-state index is 0.182. The Bertz CT molecular complexity index is 840. The molecule has 1 amide bonds. The second kappa shape index (κ2) is 9.19. The highest BCUT2D eigenvalue weighted by Crippen LogP contribution is 2.24. The van der Waals surface area contributed by atoms with Gasteiger partial charge in [0.05, 0.1) is 0 Å². The number of rotatable bonds is 4. The molecule has 0 aliphatic carbocycles. The van der Waals surface area contributed by atoms with E-state index in [0.29, 0.717) is 5.91 Å². The Morgan fingerprint density at radius 2 is 1.69 bits per heavy atom. The molecule has 154 valence electrons. The summed E-state index contributed by atoms with van der Waals surface area (Å²) in [5, 5.41) is 0.762. The molecule has 0 spiro atoms. The van der Waals surface area contributed by atoms with Crippen LogP contribution < -0.4 is 4.90 Å². The molecule has 0 N–H and O–H groups in total. The highest BCUT2D eigenvalue weighted by Gasteiger charge is 2.30. The van der Waals surface area contributed by atoms with Crippen LogP contribution in [0.1, 0.15) is 24.0 Å². The number of hydrogen-bond acceptors (Lipinski definition) is 3.